The van der Waals surface area contributed by atoms with Crippen molar-refractivity contribution in [2.45, 2.75) is 25.4 Å². The highest BCUT2D eigenvalue weighted by Gasteiger charge is 2.15. The van der Waals surface area contributed by atoms with Crippen LogP contribution in [0.3, 0.4) is 0 Å². The molecule has 0 bridgehead atoms. The summed E-state index contributed by atoms with van der Waals surface area (Å²) in [7, 11) is 0. The van der Waals surface area contributed by atoms with E-state index in [4.69, 9.17) is 5.11 Å². The molecule has 0 spiro atoms. The van der Waals surface area contributed by atoms with E-state index < -0.39 is 5.97 Å². The molecule has 1 aliphatic heterocycles. The van der Waals surface area contributed by atoms with Crippen LogP contribution in [0.4, 0.5) is 4.79 Å². The third-order valence-corrected chi connectivity index (χ3v) is 4.23. The summed E-state index contributed by atoms with van der Waals surface area (Å²) >= 11 is 1.91. The van der Waals surface area contributed by atoms with Gasteiger partial charge in [0.25, 0.3) is 0 Å². The fourth-order valence-corrected chi connectivity index (χ4v) is 3.18. The zero-order valence-electron chi connectivity index (χ0n) is 11.1. The van der Waals surface area contributed by atoms with Crippen LogP contribution in [0, 0.1) is 0 Å². The Labute approximate surface area is 122 Å². The maximum absolute atomic E-state index is 11.8. The monoisotopic (exact) mass is 294 g/mol. The molecule has 108 valence electrons. The number of thioether (sulfide) groups is 1. The lowest BCUT2D eigenvalue weighted by atomic mass is 10.1. The SMILES string of the molecule is O=C(NCc1cccc(C(=O)O)c1)NC1CCSCC1. The number of rotatable bonds is 4. The van der Waals surface area contributed by atoms with Gasteiger partial charge in [0.05, 0.1) is 5.56 Å². The Morgan fingerprint density at radius 1 is 1.30 bits per heavy atom. The molecule has 0 saturated carbocycles. The number of hydrogen-bond acceptors (Lipinski definition) is 3. The molecule has 1 aromatic carbocycles. The second kappa shape index (κ2) is 7.19. The smallest absolute Gasteiger partial charge is 0.335 e. The van der Waals surface area contributed by atoms with Gasteiger partial charge in [-0.2, -0.15) is 11.8 Å². The molecule has 1 heterocycles. The number of carbonyl (C=O) groups is 2. The minimum Gasteiger partial charge on any atom is -0.478 e. The fourth-order valence-electron chi connectivity index (χ4n) is 2.08. The van der Waals surface area contributed by atoms with E-state index in [1.807, 2.05) is 11.8 Å². The topological polar surface area (TPSA) is 78.4 Å². The number of carbonyl (C=O) groups excluding carboxylic acids is 1. The van der Waals surface area contributed by atoms with E-state index in [0.29, 0.717) is 6.54 Å². The Kier molecular flexibility index (Phi) is 5.29. The van der Waals surface area contributed by atoms with E-state index in [9.17, 15) is 9.59 Å². The lowest BCUT2D eigenvalue weighted by molar-refractivity contribution is 0.0696. The molecule has 1 fully saturated rings. The molecule has 1 aliphatic rings. The van der Waals surface area contributed by atoms with Crippen molar-refractivity contribution in [1.29, 1.82) is 0 Å². The molecule has 0 unspecified atom stereocenters. The van der Waals surface area contributed by atoms with Crippen molar-refractivity contribution < 1.29 is 14.7 Å². The quantitative estimate of drug-likeness (QED) is 0.794. The molecule has 1 saturated heterocycles. The van der Waals surface area contributed by atoms with Crippen LogP contribution >= 0.6 is 11.8 Å². The van der Waals surface area contributed by atoms with Gasteiger partial charge in [-0.1, -0.05) is 12.1 Å². The van der Waals surface area contributed by atoms with Crippen molar-refractivity contribution in [3.05, 3.63) is 35.4 Å². The predicted molar refractivity (Wildman–Crippen MR) is 79.1 cm³/mol. The van der Waals surface area contributed by atoms with Gasteiger partial charge in [-0.15, -0.1) is 0 Å². The van der Waals surface area contributed by atoms with Gasteiger partial charge in [0.1, 0.15) is 0 Å². The van der Waals surface area contributed by atoms with E-state index in [0.717, 1.165) is 29.9 Å². The number of benzene rings is 1. The second-order valence-electron chi connectivity index (χ2n) is 4.72. The van der Waals surface area contributed by atoms with Gasteiger partial charge >= 0.3 is 12.0 Å². The highest BCUT2D eigenvalue weighted by Crippen LogP contribution is 2.16. The first-order valence-electron chi connectivity index (χ1n) is 6.59. The van der Waals surface area contributed by atoms with Gasteiger partial charge in [-0.3, -0.25) is 0 Å². The number of nitrogens with one attached hydrogen (secondary N) is 2. The molecule has 0 atom stereocenters. The Morgan fingerprint density at radius 2 is 2.05 bits per heavy atom. The zero-order valence-corrected chi connectivity index (χ0v) is 11.9. The van der Waals surface area contributed by atoms with Crippen LogP contribution in [0.15, 0.2) is 24.3 Å². The highest BCUT2D eigenvalue weighted by atomic mass is 32.2. The van der Waals surface area contributed by atoms with Gasteiger partial charge in [-0.25, -0.2) is 9.59 Å². The van der Waals surface area contributed by atoms with Gasteiger partial charge in [0.15, 0.2) is 0 Å². The van der Waals surface area contributed by atoms with Crippen LogP contribution in [0.25, 0.3) is 0 Å². The average Bonchev–Trinajstić information content (AvgIpc) is 2.46. The normalized spacial score (nSPS) is 15.6. The van der Waals surface area contributed by atoms with Crippen LogP contribution in [0.2, 0.25) is 0 Å². The van der Waals surface area contributed by atoms with Crippen molar-refractivity contribution >= 4 is 23.8 Å². The lowest BCUT2D eigenvalue weighted by Gasteiger charge is -2.22. The number of carboxylic acid groups (broad SMARTS) is 1. The molecule has 2 rings (SSSR count). The Hall–Kier alpha value is -1.69. The minimum absolute atomic E-state index is 0.192. The van der Waals surface area contributed by atoms with Gasteiger partial charge in [0, 0.05) is 12.6 Å². The predicted octanol–water partition coefficient (Wildman–Crippen LogP) is 2.08. The first-order valence-corrected chi connectivity index (χ1v) is 7.75. The molecular weight excluding hydrogens is 276 g/mol. The Bertz CT molecular complexity index is 487. The summed E-state index contributed by atoms with van der Waals surface area (Å²) in [6.07, 6.45) is 2.01. The van der Waals surface area contributed by atoms with E-state index in [-0.39, 0.29) is 17.6 Å². The number of carboxylic acids is 1. The number of aromatic carboxylic acids is 1. The molecule has 0 radical (unpaired) electrons. The van der Waals surface area contributed by atoms with E-state index in [1.165, 1.54) is 6.07 Å². The largest absolute Gasteiger partial charge is 0.478 e. The molecule has 3 N–H and O–H groups in total. The van der Waals surface area contributed by atoms with Gasteiger partial charge < -0.3 is 15.7 Å². The Morgan fingerprint density at radius 3 is 2.75 bits per heavy atom. The average molecular weight is 294 g/mol. The summed E-state index contributed by atoms with van der Waals surface area (Å²) in [6.45, 7) is 0.328. The summed E-state index contributed by atoms with van der Waals surface area (Å²) in [4.78, 5) is 22.6. The first kappa shape index (κ1) is 14.7. The summed E-state index contributed by atoms with van der Waals surface area (Å²) in [6, 6.07) is 6.64. The standard InChI is InChI=1S/C14H18N2O3S/c17-13(18)11-3-1-2-10(8-11)9-15-14(19)16-12-4-6-20-7-5-12/h1-3,8,12H,4-7,9H2,(H,17,18)(H2,15,16,19). The number of amides is 2. The summed E-state index contributed by atoms with van der Waals surface area (Å²) in [5.74, 6) is 1.22. The van der Waals surface area contributed by atoms with Gasteiger partial charge in [0.2, 0.25) is 0 Å². The molecule has 2 amide bonds. The van der Waals surface area contributed by atoms with Crippen molar-refractivity contribution in [2.24, 2.45) is 0 Å². The summed E-state index contributed by atoms with van der Waals surface area (Å²) < 4.78 is 0. The third-order valence-electron chi connectivity index (χ3n) is 3.18. The van der Waals surface area contributed by atoms with Crippen LogP contribution in [0.5, 0.6) is 0 Å². The molecular formula is C14H18N2O3S. The third kappa shape index (κ3) is 4.45. The van der Waals surface area contributed by atoms with Crippen molar-refractivity contribution in [3.8, 4) is 0 Å². The van der Waals surface area contributed by atoms with Crippen molar-refractivity contribution in [3.63, 3.8) is 0 Å². The molecule has 6 heteroatoms. The first-order chi connectivity index (χ1) is 9.65. The molecule has 20 heavy (non-hydrogen) atoms. The van der Waals surface area contributed by atoms with Crippen molar-refractivity contribution in [2.75, 3.05) is 11.5 Å². The van der Waals surface area contributed by atoms with Crippen molar-refractivity contribution in [1.82, 2.24) is 10.6 Å². The van der Waals surface area contributed by atoms with Crippen LogP contribution in [-0.4, -0.2) is 34.7 Å². The van der Waals surface area contributed by atoms with Gasteiger partial charge in [-0.05, 0) is 42.0 Å². The number of urea groups is 1. The summed E-state index contributed by atoms with van der Waals surface area (Å²) in [5, 5.41) is 14.6. The van der Waals surface area contributed by atoms with E-state index in [2.05, 4.69) is 10.6 Å². The lowest BCUT2D eigenvalue weighted by Crippen LogP contribution is -2.43. The molecule has 1 aromatic rings. The maximum atomic E-state index is 11.8. The second-order valence-corrected chi connectivity index (χ2v) is 5.94. The summed E-state index contributed by atoms with van der Waals surface area (Å²) in [5.41, 5.74) is 1.01. The molecule has 5 nitrogen and oxygen atoms in total. The van der Waals surface area contributed by atoms with Crippen LogP contribution in [0.1, 0.15) is 28.8 Å². The zero-order chi connectivity index (χ0) is 14.4. The van der Waals surface area contributed by atoms with E-state index in [1.54, 1.807) is 18.2 Å². The Balaban J connectivity index is 1.80. The molecule has 0 aromatic heterocycles. The maximum Gasteiger partial charge on any atom is 0.335 e. The fraction of sp³-hybridized carbons (Fsp3) is 0.429. The van der Waals surface area contributed by atoms with Crippen LogP contribution in [-0.2, 0) is 6.54 Å². The minimum atomic E-state index is -0.962. The molecule has 0 aliphatic carbocycles. The van der Waals surface area contributed by atoms with Crippen LogP contribution < -0.4 is 10.6 Å². The van der Waals surface area contributed by atoms with E-state index >= 15 is 0 Å². The number of hydrogen-bond donors (Lipinski definition) is 3. The highest BCUT2D eigenvalue weighted by molar-refractivity contribution is 7.99.